The van der Waals surface area contributed by atoms with E-state index < -0.39 is 0 Å². The first-order valence-electron chi connectivity index (χ1n) is 7.46. The van der Waals surface area contributed by atoms with Crippen LogP contribution in [0.25, 0.3) is 0 Å². The Morgan fingerprint density at radius 1 is 1.24 bits per heavy atom. The summed E-state index contributed by atoms with van der Waals surface area (Å²) in [5.74, 6) is 1.71. The van der Waals surface area contributed by atoms with Crippen LogP contribution in [0.2, 0.25) is 0 Å². The minimum atomic E-state index is 0.364. The normalized spacial score (nSPS) is 12.8. The Bertz CT molecular complexity index is 545. The molecule has 1 atom stereocenters. The van der Waals surface area contributed by atoms with E-state index in [4.69, 9.17) is 0 Å². The highest BCUT2D eigenvalue weighted by atomic mass is 32.2. The fourth-order valence-corrected chi connectivity index (χ4v) is 3.42. The number of thioether (sulfide) groups is 1. The van der Waals surface area contributed by atoms with Gasteiger partial charge in [-0.3, -0.25) is 4.68 Å². The lowest BCUT2D eigenvalue weighted by Gasteiger charge is -2.16. The van der Waals surface area contributed by atoms with E-state index in [1.165, 1.54) is 16.0 Å². The molecule has 0 fully saturated rings. The quantitative estimate of drug-likeness (QED) is 0.792. The maximum Gasteiger partial charge on any atom is 0.0625 e. The van der Waals surface area contributed by atoms with Gasteiger partial charge >= 0.3 is 0 Å². The Hall–Kier alpha value is -1.26. The molecule has 2 rings (SSSR count). The van der Waals surface area contributed by atoms with E-state index >= 15 is 0 Å². The SMILES string of the molecule is CNC(CSc1cnn(C)c1)c1ccc(CC(C)C)cc1. The van der Waals surface area contributed by atoms with Gasteiger partial charge in [-0.25, -0.2) is 0 Å². The van der Waals surface area contributed by atoms with E-state index in [9.17, 15) is 0 Å². The Morgan fingerprint density at radius 3 is 2.48 bits per heavy atom. The first-order valence-corrected chi connectivity index (χ1v) is 8.44. The summed E-state index contributed by atoms with van der Waals surface area (Å²) < 4.78 is 1.84. The molecule has 1 unspecified atom stereocenters. The minimum absolute atomic E-state index is 0.364. The predicted molar refractivity (Wildman–Crippen MR) is 90.7 cm³/mol. The summed E-state index contributed by atoms with van der Waals surface area (Å²) in [6.45, 7) is 4.52. The number of aryl methyl sites for hydroxylation is 1. The molecule has 0 aliphatic heterocycles. The van der Waals surface area contributed by atoms with Crippen molar-refractivity contribution in [2.75, 3.05) is 12.8 Å². The number of benzene rings is 1. The third kappa shape index (κ3) is 4.90. The summed E-state index contributed by atoms with van der Waals surface area (Å²) >= 11 is 1.84. The first kappa shape index (κ1) is 16.1. The first-order chi connectivity index (χ1) is 10.1. The molecule has 0 saturated heterocycles. The zero-order chi connectivity index (χ0) is 15.2. The van der Waals surface area contributed by atoms with Gasteiger partial charge in [0.1, 0.15) is 0 Å². The second kappa shape index (κ2) is 7.66. The molecule has 1 aromatic carbocycles. The van der Waals surface area contributed by atoms with Crippen LogP contribution < -0.4 is 5.32 Å². The fraction of sp³-hybridized carbons (Fsp3) is 0.471. The predicted octanol–water partition coefficient (Wildman–Crippen LogP) is 3.67. The molecule has 0 bridgehead atoms. The van der Waals surface area contributed by atoms with Crippen molar-refractivity contribution in [2.24, 2.45) is 13.0 Å². The molecule has 3 nitrogen and oxygen atoms in total. The van der Waals surface area contributed by atoms with Gasteiger partial charge in [0.15, 0.2) is 0 Å². The van der Waals surface area contributed by atoms with Crippen molar-refractivity contribution in [3.63, 3.8) is 0 Å². The van der Waals surface area contributed by atoms with Gasteiger partial charge in [0.05, 0.1) is 6.20 Å². The molecular formula is C17H25N3S. The number of hydrogen-bond donors (Lipinski definition) is 1. The topological polar surface area (TPSA) is 29.9 Å². The molecule has 1 N–H and O–H groups in total. The maximum atomic E-state index is 4.21. The summed E-state index contributed by atoms with van der Waals surface area (Å²) in [7, 11) is 3.98. The van der Waals surface area contributed by atoms with Gasteiger partial charge in [-0.15, -0.1) is 11.8 Å². The van der Waals surface area contributed by atoms with Gasteiger partial charge < -0.3 is 5.32 Å². The van der Waals surface area contributed by atoms with Crippen LogP contribution in [0.15, 0.2) is 41.6 Å². The highest BCUT2D eigenvalue weighted by Gasteiger charge is 2.10. The van der Waals surface area contributed by atoms with Gasteiger partial charge in [-0.2, -0.15) is 5.10 Å². The highest BCUT2D eigenvalue weighted by molar-refractivity contribution is 7.99. The smallest absolute Gasteiger partial charge is 0.0625 e. The lowest BCUT2D eigenvalue weighted by Crippen LogP contribution is -2.18. The molecule has 2 aromatic rings. The van der Waals surface area contributed by atoms with Crippen LogP contribution in [-0.2, 0) is 13.5 Å². The molecule has 114 valence electrons. The lowest BCUT2D eigenvalue weighted by atomic mass is 10.00. The van der Waals surface area contributed by atoms with E-state index in [1.807, 2.05) is 36.7 Å². The Kier molecular flexibility index (Phi) is 5.88. The summed E-state index contributed by atoms with van der Waals surface area (Å²) in [6, 6.07) is 9.39. The van der Waals surface area contributed by atoms with Crippen molar-refractivity contribution in [3.8, 4) is 0 Å². The van der Waals surface area contributed by atoms with Crippen molar-refractivity contribution in [1.29, 1.82) is 0 Å². The number of nitrogens with one attached hydrogen (secondary N) is 1. The van der Waals surface area contributed by atoms with Gasteiger partial charge in [0.25, 0.3) is 0 Å². The second-order valence-corrected chi connectivity index (χ2v) is 6.93. The molecule has 0 amide bonds. The maximum absolute atomic E-state index is 4.21. The molecule has 1 heterocycles. The average molecular weight is 303 g/mol. The molecule has 4 heteroatoms. The highest BCUT2D eigenvalue weighted by Crippen LogP contribution is 2.24. The molecule has 0 aliphatic carbocycles. The molecule has 1 aromatic heterocycles. The Morgan fingerprint density at radius 2 is 1.95 bits per heavy atom. The average Bonchev–Trinajstić information content (AvgIpc) is 2.86. The van der Waals surface area contributed by atoms with E-state index in [1.54, 1.807) is 0 Å². The van der Waals surface area contributed by atoms with Crippen molar-refractivity contribution in [2.45, 2.75) is 31.2 Å². The van der Waals surface area contributed by atoms with Gasteiger partial charge in [-0.1, -0.05) is 38.1 Å². The van der Waals surface area contributed by atoms with E-state index in [-0.39, 0.29) is 0 Å². The van der Waals surface area contributed by atoms with Crippen LogP contribution in [0.1, 0.15) is 31.0 Å². The minimum Gasteiger partial charge on any atom is -0.312 e. The lowest BCUT2D eigenvalue weighted by molar-refractivity contribution is 0.643. The van der Waals surface area contributed by atoms with E-state index in [0.29, 0.717) is 12.0 Å². The van der Waals surface area contributed by atoms with Crippen molar-refractivity contribution >= 4 is 11.8 Å². The van der Waals surface area contributed by atoms with Crippen LogP contribution >= 0.6 is 11.8 Å². The van der Waals surface area contributed by atoms with Crippen LogP contribution in [0.5, 0.6) is 0 Å². The van der Waals surface area contributed by atoms with Crippen LogP contribution in [0.3, 0.4) is 0 Å². The number of rotatable bonds is 7. The zero-order valence-electron chi connectivity index (χ0n) is 13.3. The Balaban J connectivity index is 1.96. The summed E-state index contributed by atoms with van der Waals surface area (Å²) in [6.07, 6.45) is 5.13. The number of nitrogens with zero attached hydrogens (tertiary/aromatic N) is 2. The summed E-state index contributed by atoms with van der Waals surface area (Å²) in [5.41, 5.74) is 2.77. The fourth-order valence-electron chi connectivity index (χ4n) is 2.36. The molecule has 0 radical (unpaired) electrons. The van der Waals surface area contributed by atoms with Crippen LogP contribution in [0.4, 0.5) is 0 Å². The zero-order valence-corrected chi connectivity index (χ0v) is 14.2. The molecule has 0 saturated carbocycles. The van der Waals surface area contributed by atoms with Gasteiger partial charge in [0.2, 0.25) is 0 Å². The van der Waals surface area contributed by atoms with Crippen molar-refractivity contribution in [3.05, 3.63) is 47.8 Å². The van der Waals surface area contributed by atoms with Gasteiger partial charge in [0, 0.05) is 29.9 Å². The summed E-state index contributed by atoms with van der Waals surface area (Å²) in [4.78, 5) is 1.22. The largest absolute Gasteiger partial charge is 0.312 e. The molecule has 0 aliphatic rings. The third-order valence-electron chi connectivity index (χ3n) is 3.47. The van der Waals surface area contributed by atoms with Crippen molar-refractivity contribution < 1.29 is 0 Å². The monoisotopic (exact) mass is 303 g/mol. The van der Waals surface area contributed by atoms with Gasteiger partial charge in [-0.05, 0) is 30.5 Å². The van der Waals surface area contributed by atoms with E-state index in [0.717, 1.165) is 12.2 Å². The van der Waals surface area contributed by atoms with Crippen LogP contribution in [-0.4, -0.2) is 22.6 Å². The van der Waals surface area contributed by atoms with Crippen LogP contribution in [0, 0.1) is 5.92 Å². The van der Waals surface area contributed by atoms with Crippen molar-refractivity contribution in [1.82, 2.24) is 15.1 Å². The van der Waals surface area contributed by atoms with E-state index in [2.05, 4.69) is 54.7 Å². The number of hydrogen-bond acceptors (Lipinski definition) is 3. The Labute approximate surface area is 132 Å². The molecule has 0 spiro atoms. The third-order valence-corrected chi connectivity index (χ3v) is 4.52. The summed E-state index contributed by atoms with van der Waals surface area (Å²) in [5, 5.41) is 7.62. The molecule has 21 heavy (non-hydrogen) atoms. The second-order valence-electron chi connectivity index (χ2n) is 5.84. The standard InChI is InChI=1S/C17H25N3S/c1-13(2)9-14-5-7-15(8-6-14)17(18-3)12-21-16-10-19-20(4)11-16/h5-8,10-11,13,17-18H,9,12H2,1-4H3. The molecular weight excluding hydrogens is 278 g/mol. The number of aromatic nitrogens is 2.